The predicted molar refractivity (Wildman–Crippen MR) is 125 cm³/mol. The lowest BCUT2D eigenvalue weighted by atomic mass is 10.1. The molecule has 0 atom stereocenters. The maximum Gasteiger partial charge on any atom is 0.272 e. The molecule has 31 heavy (non-hydrogen) atoms. The van der Waals surface area contributed by atoms with E-state index in [1.165, 1.54) is 35.2 Å². The average molecular weight is 454 g/mol. The zero-order chi connectivity index (χ0) is 22.0. The Bertz CT molecular complexity index is 1310. The van der Waals surface area contributed by atoms with Crippen molar-refractivity contribution in [3.8, 4) is 11.1 Å². The van der Waals surface area contributed by atoms with Crippen molar-refractivity contribution in [3.63, 3.8) is 0 Å². The van der Waals surface area contributed by atoms with E-state index in [4.69, 9.17) is 4.98 Å². The molecule has 0 bridgehead atoms. The number of benzene rings is 2. The fourth-order valence-electron chi connectivity index (χ4n) is 3.19. The molecule has 0 spiro atoms. The van der Waals surface area contributed by atoms with E-state index in [1.807, 2.05) is 43.5 Å². The Balaban J connectivity index is 1.64. The van der Waals surface area contributed by atoms with Crippen LogP contribution in [0.2, 0.25) is 0 Å². The number of aromatic nitrogens is 2. The topological polar surface area (TPSA) is 64.0 Å². The van der Waals surface area contributed by atoms with Crippen molar-refractivity contribution in [1.29, 1.82) is 0 Å². The van der Waals surface area contributed by atoms with Crippen molar-refractivity contribution in [2.24, 2.45) is 0 Å². The van der Waals surface area contributed by atoms with Crippen LogP contribution >= 0.6 is 23.1 Å². The summed E-state index contributed by atoms with van der Waals surface area (Å²) in [6.07, 6.45) is 0. The molecular weight excluding hydrogens is 433 g/mol. The molecule has 0 fully saturated rings. The van der Waals surface area contributed by atoms with Gasteiger partial charge in [-0.05, 0) is 31.5 Å². The fraction of sp³-hybridized carbons (Fsp3) is 0.174. The number of rotatable bonds is 6. The maximum atomic E-state index is 13.8. The maximum absolute atomic E-state index is 13.8. The van der Waals surface area contributed by atoms with Gasteiger partial charge in [0.05, 0.1) is 17.0 Å². The van der Waals surface area contributed by atoms with Crippen molar-refractivity contribution >= 4 is 44.9 Å². The first kappa shape index (κ1) is 21.3. The second kappa shape index (κ2) is 9.03. The first-order valence-electron chi connectivity index (χ1n) is 9.74. The molecule has 5 nitrogen and oxygen atoms in total. The number of fused-ring (bicyclic) bond motifs is 1. The van der Waals surface area contributed by atoms with Crippen LogP contribution in [0.5, 0.6) is 0 Å². The Kier molecular flexibility index (Phi) is 6.20. The highest BCUT2D eigenvalue weighted by molar-refractivity contribution is 7.99. The molecule has 0 aliphatic rings. The molecule has 1 N–H and O–H groups in total. The molecule has 2 aromatic heterocycles. The molecule has 0 aliphatic heterocycles. The number of halogens is 1. The van der Waals surface area contributed by atoms with Crippen LogP contribution in [0.3, 0.4) is 0 Å². The number of para-hydroxylation sites is 1. The van der Waals surface area contributed by atoms with E-state index in [9.17, 15) is 14.0 Å². The Morgan fingerprint density at radius 1 is 1.19 bits per heavy atom. The molecule has 0 radical (unpaired) electrons. The van der Waals surface area contributed by atoms with Gasteiger partial charge >= 0.3 is 0 Å². The molecule has 0 saturated carbocycles. The number of thioether (sulfide) groups is 1. The standard InChI is InChI=1S/C23H20FN3O2S2/c1-3-27-22(29)21-20(16(12-30-21)15-10-8-14(2)9-11-15)26-23(27)31-13-19(28)25-18-7-5-4-6-17(18)24/h4-12H,3,13H2,1-2H3,(H,25,28). The summed E-state index contributed by atoms with van der Waals surface area (Å²) < 4.78 is 15.9. The van der Waals surface area contributed by atoms with Crippen LogP contribution in [-0.2, 0) is 11.3 Å². The number of thiophene rings is 1. The monoisotopic (exact) mass is 453 g/mol. The molecule has 1 amide bonds. The molecule has 2 heterocycles. The summed E-state index contributed by atoms with van der Waals surface area (Å²) in [5.41, 5.74) is 3.70. The highest BCUT2D eigenvalue weighted by Crippen LogP contribution is 2.32. The van der Waals surface area contributed by atoms with Crippen molar-refractivity contribution in [1.82, 2.24) is 9.55 Å². The zero-order valence-corrected chi connectivity index (χ0v) is 18.6. The first-order valence-corrected chi connectivity index (χ1v) is 11.6. The largest absolute Gasteiger partial charge is 0.323 e. The van der Waals surface area contributed by atoms with Gasteiger partial charge in [-0.3, -0.25) is 14.2 Å². The number of hydrogen-bond acceptors (Lipinski definition) is 5. The second-order valence-corrected chi connectivity index (χ2v) is 8.78. The van der Waals surface area contributed by atoms with E-state index >= 15 is 0 Å². The second-order valence-electron chi connectivity index (χ2n) is 6.95. The normalized spacial score (nSPS) is 11.1. The van der Waals surface area contributed by atoms with E-state index in [1.54, 1.807) is 16.7 Å². The molecule has 158 valence electrons. The SMILES string of the molecule is CCn1c(SCC(=O)Nc2ccccc2F)nc2c(-c3ccc(C)cc3)csc2c1=O. The lowest BCUT2D eigenvalue weighted by Crippen LogP contribution is -2.23. The van der Waals surface area contributed by atoms with Crippen LogP contribution in [0.4, 0.5) is 10.1 Å². The minimum Gasteiger partial charge on any atom is -0.323 e. The van der Waals surface area contributed by atoms with Gasteiger partial charge in [0.2, 0.25) is 5.91 Å². The van der Waals surface area contributed by atoms with Crippen LogP contribution in [0.15, 0.2) is 63.9 Å². The highest BCUT2D eigenvalue weighted by Gasteiger charge is 2.17. The predicted octanol–water partition coefficient (Wildman–Crippen LogP) is 5.32. The van der Waals surface area contributed by atoms with E-state index < -0.39 is 5.82 Å². The smallest absolute Gasteiger partial charge is 0.272 e. The number of hydrogen-bond donors (Lipinski definition) is 1. The van der Waals surface area contributed by atoms with Gasteiger partial charge < -0.3 is 5.32 Å². The van der Waals surface area contributed by atoms with Gasteiger partial charge in [0, 0.05) is 17.5 Å². The fourth-order valence-corrected chi connectivity index (χ4v) is 5.00. The van der Waals surface area contributed by atoms with Crippen LogP contribution in [0, 0.1) is 12.7 Å². The number of carbonyl (C=O) groups excluding carboxylic acids is 1. The van der Waals surface area contributed by atoms with Gasteiger partial charge in [-0.2, -0.15) is 0 Å². The van der Waals surface area contributed by atoms with Gasteiger partial charge in [-0.15, -0.1) is 11.3 Å². The minimum absolute atomic E-state index is 0.0102. The van der Waals surface area contributed by atoms with Crippen molar-refractivity contribution < 1.29 is 9.18 Å². The number of nitrogens with one attached hydrogen (secondary N) is 1. The van der Waals surface area contributed by atoms with E-state index in [2.05, 4.69) is 5.32 Å². The summed E-state index contributed by atoms with van der Waals surface area (Å²) >= 11 is 2.55. The molecule has 2 aromatic carbocycles. The van der Waals surface area contributed by atoms with Crippen molar-refractivity contribution in [3.05, 3.63) is 75.6 Å². The van der Waals surface area contributed by atoms with Crippen LogP contribution in [0.25, 0.3) is 21.3 Å². The van der Waals surface area contributed by atoms with Crippen molar-refractivity contribution in [2.75, 3.05) is 11.1 Å². The summed E-state index contributed by atoms with van der Waals surface area (Å²) in [6, 6.07) is 14.1. The summed E-state index contributed by atoms with van der Waals surface area (Å²) in [6.45, 7) is 4.33. The van der Waals surface area contributed by atoms with Crippen LogP contribution in [-0.4, -0.2) is 21.2 Å². The number of anilines is 1. The zero-order valence-electron chi connectivity index (χ0n) is 17.0. The summed E-state index contributed by atoms with van der Waals surface area (Å²) in [4.78, 5) is 30.1. The molecular formula is C23H20FN3O2S2. The molecule has 0 saturated heterocycles. The molecule has 0 aliphatic carbocycles. The lowest BCUT2D eigenvalue weighted by Gasteiger charge is -2.11. The first-order chi connectivity index (χ1) is 15.0. The molecule has 8 heteroatoms. The Morgan fingerprint density at radius 3 is 2.65 bits per heavy atom. The van der Waals surface area contributed by atoms with Gasteiger partial charge in [-0.1, -0.05) is 53.7 Å². The number of carbonyl (C=O) groups is 1. The van der Waals surface area contributed by atoms with Gasteiger partial charge in [0.1, 0.15) is 10.5 Å². The van der Waals surface area contributed by atoms with E-state index in [0.717, 1.165) is 16.7 Å². The van der Waals surface area contributed by atoms with Crippen LogP contribution < -0.4 is 10.9 Å². The average Bonchev–Trinajstić information content (AvgIpc) is 3.19. The van der Waals surface area contributed by atoms with Gasteiger partial charge in [-0.25, -0.2) is 9.37 Å². The lowest BCUT2D eigenvalue weighted by molar-refractivity contribution is -0.113. The number of aryl methyl sites for hydroxylation is 1. The Hall–Kier alpha value is -2.97. The van der Waals surface area contributed by atoms with Gasteiger partial charge in [0.25, 0.3) is 5.56 Å². The quantitative estimate of drug-likeness (QED) is 0.317. The third-order valence-corrected chi connectivity index (χ3v) is 6.74. The summed E-state index contributed by atoms with van der Waals surface area (Å²) in [5.74, 6) is -0.848. The minimum atomic E-state index is -0.494. The van der Waals surface area contributed by atoms with Crippen LogP contribution in [0.1, 0.15) is 12.5 Å². The molecule has 4 aromatic rings. The van der Waals surface area contributed by atoms with Crippen molar-refractivity contribution in [2.45, 2.75) is 25.5 Å². The highest BCUT2D eigenvalue weighted by atomic mass is 32.2. The third kappa shape index (κ3) is 4.40. The Labute approximate surface area is 187 Å². The summed E-state index contributed by atoms with van der Waals surface area (Å²) in [7, 11) is 0. The summed E-state index contributed by atoms with van der Waals surface area (Å²) in [5, 5.41) is 4.97. The van der Waals surface area contributed by atoms with Gasteiger partial charge in [0.15, 0.2) is 5.16 Å². The Morgan fingerprint density at radius 2 is 1.94 bits per heavy atom. The number of nitrogens with zero attached hydrogens (tertiary/aromatic N) is 2. The number of amides is 1. The van der Waals surface area contributed by atoms with E-state index in [-0.39, 0.29) is 22.9 Å². The third-order valence-electron chi connectivity index (χ3n) is 4.80. The molecule has 0 unspecified atom stereocenters. The molecule has 4 rings (SSSR count). The van der Waals surface area contributed by atoms with E-state index in [0.29, 0.717) is 21.9 Å².